The molecule has 1 aliphatic rings. The van der Waals surface area contributed by atoms with Crippen LogP contribution in [0.25, 0.3) is 6.08 Å². The molecule has 0 atom stereocenters. The number of carbonyl (C=O) groups excluding carboxylic acids is 1. The topological polar surface area (TPSA) is 50.8 Å². The number of rotatable bonds is 7. The van der Waals surface area contributed by atoms with Gasteiger partial charge in [0, 0.05) is 0 Å². The summed E-state index contributed by atoms with van der Waals surface area (Å²) in [7, 11) is 0. The molecule has 2 aromatic rings. The molecule has 0 bridgehead atoms. The van der Waals surface area contributed by atoms with Crippen molar-refractivity contribution in [1.29, 1.82) is 0 Å². The quantitative estimate of drug-likeness (QED) is 0.490. The maximum Gasteiger partial charge on any atom is 0.281 e. The van der Waals surface area contributed by atoms with Gasteiger partial charge in [0.2, 0.25) is 0 Å². The first kappa shape index (κ1) is 21.8. The summed E-state index contributed by atoms with van der Waals surface area (Å²) >= 11 is 5.43. The van der Waals surface area contributed by atoms with Crippen LogP contribution in [0.4, 0.5) is 5.69 Å². The molecule has 6 heteroatoms. The number of nitrogens with zero attached hydrogens (tertiary/aromatic N) is 1. The molecule has 3 rings (SSSR count). The number of aryl methyl sites for hydroxylation is 1. The van der Waals surface area contributed by atoms with Gasteiger partial charge in [0.25, 0.3) is 5.91 Å². The molecule has 1 aliphatic heterocycles. The summed E-state index contributed by atoms with van der Waals surface area (Å²) in [6.07, 6.45) is 1.86. The van der Waals surface area contributed by atoms with Gasteiger partial charge in [-0.25, -0.2) is 0 Å². The van der Waals surface area contributed by atoms with E-state index in [-0.39, 0.29) is 5.91 Å². The van der Waals surface area contributed by atoms with Crippen LogP contribution in [0.3, 0.4) is 0 Å². The number of carbonyl (C=O) groups is 1. The third-order valence-electron chi connectivity index (χ3n) is 4.90. The Bertz CT molecular complexity index is 981. The Morgan fingerprint density at radius 1 is 1.10 bits per heavy atom. The minimum Gasteiger partial charge on any atom is -0.494 e. The number of nitrogens with one attached hydrogen (secondary N) is 1. The Labute approximate surface area is 183 Å². The smallest absolute Gasteiger partial charge is 0.281 e. The van der Waals surface area contributed by atoms with Crippen molar-refractivity contribution in [3.05, 3.63) is 58.8 Å². The fourth-order valence-electron chi connectivity index (χ4n) is 3.39. The van der Waals surface area contributed by atoms with Crippen LogP contribution in [0, 0.1) is 6.92 Å². The lowest BCUT2D eigenvalue weighted by atomic mass is 9.96. The molecule has 1 fully saturated rings. The molecular formula is C24H28N2O3S. The molecule has 0 unspecified atom stereocenters. The van der Waals surface area contributed by atoms with Gasteiger partial charge >= 0.3 is 0 Å². The molecule has 1 N–H and O–H groups in total. The van der Waals surface area contributed by atoms with Gasteiger partial charge < -0.3 is 14.8 Å². The second-order valence-electron chi connectivity index (χ2n) is 7.39. The summed E-state index contributed by atoms with van der Waals surface area (Å²) in [5.41, 5.74) is 4.28. The highest BCUT2D eigenvalue weighted by molar-refractivity contribution is 7.80. The predicted octanol–water partition coefficient (Wildman–Crippen LogP) is 5.18. The normalized spacial score (nSPS) is 15.1. The van der Waals surface area contributed by atoms with Gasteiger partial charge in [-0.2, -0.15) is 0 Å². The fraction of sp³-hybridized carbons (Fsp3) is 0.333. The number of thiocarbonyl (C=S) groups is 1. The summed E-state index contributed by atoms with van der Waals surface area (Å²) in [5.74, 6) is 1.78. The van der Waals surface area contributed by atoms with Crippen molar-refractivity contribution < 1.29 is 14.3 Å². The largest absolute Gasteiger partial charge is 0.494 e. The molecule has 0 spiro atoms. The van der Waals surface area contributed by atoms with Crippen LogP contribution in [0.2, 0.25) is 0 Å². The zero-order chi connectivity index (χ0) is 21.8. The van der Waals surface area contributed by atoms with E-state index < -0.39 is 0 Å². The lowest BCUT2D eigenvalue weighted by molar-refractivity contribution is -0.113. The number of amides is 1. The Kier molecular flexibility index (Phi) is 6.77. The van der Waals surface area contributed by atoms with Crippen LogP contribution in [0.1, 0.15) is 50.3 Å². The molecule has 0 saturated carbocycles. The second-order valence-corrected chi connectivity index (χ2v) is 7.78. The molecule has 2 aromatic carbocycles. The van der Waals surface area contributed by atoms with Crippen molar-refractivity contribution in [2.45, 2.75) is 40.5 Å². The minimum atomic E-state index is -0.177. The van der Waals surface area contributed by atoms with E-state index in [0.29, 0.717) is 35.6 Å². The summed E-state index contributed by atoms with van der Waals surface area (Å²) in [5, 5.41) is 3.43. The molecule has 1 saturated heterocycles. The molecule has 0 aromatic heterocycles. The van der Waals surface area contributed by atoms with Gasteiger partial charge in [-0.1, -0.05) is 13.8 Å². The standard InChI is InChI=1S/C24H28N2O3S/c1-6-28-19-10-8-18(9-11-19)26-23(27)21(25-24(26)30)14-17-13-20(15(3)4)22(29-7-2)12-16(17)5/h8-15H,6-7H2,1-5H3,(H,25,30)/b21-14-. The van der Waals surface area contributed by atoms with Gasteiger partial charge in [-0.05, 0) is 98.1 Å². The zero-order valence-corrected chi connectivity index (χ0v) is 18.9. The molecule has 1 heterocycles. The molecule has 158 valence electrons. The van der Waals surface area contributed by atoms with Crippen molar-refractivity contribution >= 4 is 35.0 Å². The number of hydrogen-bond donors (Lipinski definition) is 1. The first-order chi connectivity index (χ1) is 14.3. The average Bonchev–Trinajstić information content (AvgIpc) is 2.98. The summed E-state index contributed by atoms with van der Waals surface area (Å²) in [4.78, 5) is 14.6. The van der Waals surface area contributed by atoms with Crippen molar-refractivity contribution in [1.82, 2.24) is 5.32 Å². The molecule has 0 radical (unpaired) electrons. The third-order valence-corrected chi connectivity index (χ3v) is 5.19. The maximum atomic E-state index is 13.1. The lowest BCUT2D eigenvalue weighted by Crippen LogP contribution is -2.30. The number of benzene rings is 2. The first-order valence-electron chi connectivity index (χ1n) is 10.2. The van der Waals surface area contributed by atoms with Crippen molar-refractivity contribution in [3.8, 4) is 11.5 Å². The van der Waals surface area contributed by atoms with E-state index in [1.807, 2.05) is 57.2 Å². The van der Waals surface area contributed by atoms with Gasteiger partial charge in [0.15, 0.2) is 5.11 Å². The molecule has 0 aliphatic carbocycles. The Balaban J connectivity index is 1.92. The molecule has 5 nitrogen and oxygen atoms in total. The Morgan fingerprint density at radius 3 is 2.37 bits per heavy atom. The van der Waals surface area contributed by atoms with Crippen LogP contribution in [0.5, 0.6) is 11.5 Å². The second kappa shape index (κ2) is 9.30. The van der Waals surface area contributed by atoms with Crippen LogP contribution < -0.4 is 19.7 Å². The monoisotopic (exact) mass is 424 g/mol. The maximum absolute atomic E-state index is 13.1. The van der Waals surface area contributed by atoms with Crippen molar-refractivity contribution in [2.75, 3.05) is 18.1 Å². The van der Waals surface area contributed by atoms with Crippen molar-refractivity contribution in [3.63, 3.8) is 0 Å². The minimum absolute atomic E-state index is 0.177. The Hall–Kier alpha value is -2.86. The third kappa shape index (κ3) is 4.49. The van der Waals surface area contributed by atoms with Crippen molar-refractivity contribution in [2.24, 2.45) is 0 Å². The SMILES string of the molecule is CCOc1ccc(N2C(=O)/C(=C/c3cc(C(C)C)c(OCC)cc3C)NC2=S)cc1. The van der Waals surface area contributed by atoms with E-state index >= 15 is 0 Å². The van der Waals surface area contributed by atoms with Crippen LogP contribution in [-0.2, 0) is 4.79 Å². The van der Waals surface area contributed by atoms with Gasteiger partial charge in [-0.15, -0.1) is 0 Å². The zero-order valence-electron chi connectivity index (χ0n) is 18.1. The predicted molar refractivity (Wildman–Crippen MR) is 125 cm³/mol. The van der Waals surface area contributed by atoms with E-state index in [9.17, 15) is 4.79 Å². The number of hydrogen-bond acceptors (Lipinski definition) is 4. The highest BCUT2D eigenvalue weighted by atomic mass is 32.1. The number of anilines is 1. The molecule has 1 amide bonds. The van der Waals surface area contributed by atoms with Gasteiger partial charge in [-0.3, -0.25) is 9.69 Å². The van der Waals surface area contributed by atoms with Crippen LogP contribution in [0.15, 0.2) is 42.1 Å². The van der Waals surface area contributed by atoms with Gasteiger partial charge in [0.05, 0.1) is 18.9 Å². The highest BCUT2D eigenvalue weighted by Gasteiger charge is 2.32. The highest BCUT2D eigenvalue weighted by Crippen LogP contribution is 2.32. The lowest BCUT2D eigenvalue weighted by Gasteiger charge is -2.16. The molecular weight excluding hydrogens is 396 g/mol. The van der Waals surface area contributed by atoms with E-state index in [1.165, 1.54) is 4.90 Å². The van der Waals surface area contributed by atoms with E-state index in [1.54, 1.807) is 0 Å². The fourth-order valence-corrected chi connectivity index (χ4v) is 3.68. The van der Waals surface area contributed by atoms with E-state index in [2.05, 4.69) is 25.2 Å². The average molecular weight is 425 g/mol. The first-order valence-corrected chi connectivity index (χ1v) is 10.6. The van der Waals surface area contributed by atoms with Crippen LogP contribution in [-0.4, -0.2) is 24.2 Å². The van der Waals surface area contributed by atoms with Crippen LogP contribution >= 0.6 is 12.2 Å². The van der Waals surface area contributed by atoms with E-state index in [4.69, 9.17) is 21.7 Å². The number of ether oxygens (including phenoxy) is 2. The van der Waals surface area contributed by atoms with E-state index in [0.717, 1.165) is 28.2 Å². The molecule has 30 heavy (non-hydrogen) atoms. The summed E-state index contributed by atoms with van der Waals surface area (Å²) in [6.45, 7) is 11.4. The Morgan fingerprint density at radius 2 is 1.77 bits per heavy atom. The summed E-state index contributed by atoms with van der Waals surface area (Å²) < 4.78 is 11.3. The van der Waals surface area contributed by atoms with Gasteiger partial charge in [0.1, 0.15) is 17.2 Å². The summed E-state index contributed by atoms with van der Waals surface area (Å²) in [6, 6.07) is 11.5.